The van der Waals surface area contributed by atoms with Gasteiger partial charge in [0.2, 0.25) is 24.3 Å². The van der Waals surface area contributed by atoms with E-state index in [1.165, 1.54) is 11.8 Å². The third kappa shape index (κ3) is 4.40. The van der Waals surface area contributed by atoms with Gasteiger partial charge in [-0.3, -0.25) is 9.36 Å². The van der Waals surface area contributed by atoms with Crippen LogP contribution >= 0.6 is 11.8 Å². The lowest BCUT2D eigenvalue weighted by Gasteiger charge is -2.07. The van der Waals surface area contributed by atoms with E-state index in [1.807, 2.05) is 42.7 Å². The number of amides is 1. The molecule has 0 unspecified atom stereocenters. The zero-order valence-corrected chi connectivity index (χ0v) is 18.8. The number of fused-ring (bicyclic) bond motifs is 1. The Morgan fingerprint density at radius 2 is 2.03 bits per heavy atom. The Morgan fingerprint density at radius 3 is 2.88 bits per heavy atom. The normalized spacial score (nSPS) is 12.2. The third-order valence-corrected chi connectivity index (χ3v) is 5.88. The number of ether oxygens (including phenoxy) is 2. The van der Waals surface area contributed by atoms with E-state index in [0.29, 0.717) is 40.5 Å². The van der Waals surface area contributed by atoms with Crippen molar-refractivity contribution in [2.75, 3.05) is 17.9 Å². The average Bonchev–Trinajstić information content (AvgIpc) is 3.56. The summed E-state index contributed by atoms with van der Waals surface area (Å²) in [7, 11) is 0. The van der Waals surface area contributed by atoms with Gasteiger partial charge >= 0.3 is 0 Å². The molecule has 0 aliphatic carbocycles. The lowest BCUT2D eigenvalue weighted by molar-refractivity contribution is -0.113. The minimum atomic E-state index is -0.175. The van der Waals surface area contributed by atoms with Crippen molar-refractivity contribution in [3.8, 4) is 34.6 Å². The standard InChI is InChI=1S/C22H20N6O4S/c1-3-28-20(21-24-19(27-32-21)14-6-4-5-13(2)9-14)25-26-22(28)33-11-18(29)23-15-7-8-16-17(10-15)31-12-30-16/h4-10H,3,11-12H2,1-2H3,(H,23,29). The maximum atomic E-state index is 12.4. The van der Waals surface area contributed by atoms with E-state index in [4.69, 9.17) is 14.0 Å². The smallest absolute Gasteiger partial charge is 0.296 e. The number of thioether (sulfide) groups is 1. The van der Waals surface area contributed by atoms with Gasteiger partial charge in [0.05, 0.1) is 5.75 Å². The molecule has 4 aromatic rings. The predicted octanol–water partition coefficient (Wildman–Crippen LogP) is 3.78. The van der Waals surface area contributed by atoms with E-state index in [-0.39, 0.29) is 24.3 Å². The van der Waals surface area contributed by atoms with E-state index < -0.39 is 0 Å². The molecule has 168 valence electrons. The molecular weight excluding hydrogens is 444 g/mol. The van der Waals surface area contributed by atoms with Crippen molar-refractivity contribution in [3.05, 3.63) is 48.0 Å². The molecule has 0 radical (unpaired) electrons. The van der Waals surface area contributed by atoms with Crippen molar-refractivity contribution >= 4 is 23.4 Å². The molecule has 0 saturated carbocycles. The summed E-state index contributed by atoms with van der Waals surface area (Å²) in [6.07, 6.45) is 0. The Labute approximate surface area is 193 Å². The van der Waals surface area contributed by atoms with Gasteiger partial charge in [-0.15, -0.1) is 10.2 Å². The summed E-state index contributed by atoms with van der Waals surface area (Å²) in [5.41, 5.74) is 2.60. The molecule has 1 amide bonds. The first-order valence-corrected chi connectivity index (χ1v) is 11.3. The van der Waals surface area contributed by atoms with Gasteiger partial charge in [0, 0.05) is 23.9 Å². The Bertz CT molecular complexity index is 1320. The van der Waals surface area contributed by atoms with Crippen LogP contribution in [0.1, 0.15) is 12.5 Å². The number of aromatic nitrogens is 5. The highest BCUT2D eigenvalue weighted by molar-refractivity contribution is 7.99. The van der Waals surface area contributed by atoms with Crippen molar-refractivity contribution in [2.24, 2.45) is 0 Å². The van der Waals surface area contributed by atoms with Crippen molar-refractivity contribution in [1.29, 1.82) is 0 Å². The van der Waals surface area contributed by atoms with Gasteiger partial charge < -0.3 is 19.3 Å². The molecule has 0 spiro atoms. The lowest BCUT2D eigenvalue weighted by atomic mass is 10.1. The van der Waals surface area contributed by atoms with Crippen molar-refractivity contribution in [1.82, 2.24) is 24.9 Å². The number of rotatable bonds is 7. The molecule has 11 heteroatoms. The fraction of sp³-hybridized carbons (Fsp3) is 0.227. The molecule has 0 fully saturated rings. The SMILES string of the molecule is CCn1c(SCC(=O)Nc2ccc3c(c2)OCO3)nnc1-c1nc(-c2cccc(C)c2)no1. The van der Waals surface area contributed by atoms with Crippen LogP contribution in [-0.4, -0.2) is 43.4 Å². The zero-order chi connectivity index (χ0) is 22.8. The summed E-state index contributed by atoms with van der Waals surface area (Å²) in [6, 6.07) is 13.1. The van der Waals surface area contributed by atoms with Crippen molar-refractivity contribution in [2.45, 2.75) is 25.5 Å². The number of carbonyl (C=O) groups is 1. The summed E-state index contributed by atoms with van der Waals surface area (Å²) >= 11 is 1.28. The number of nitrogens with zero attached hydrogens (tertiary/aromatic N) is 5. The molecular formula is C22H20N6O4S. The minimum absolute atomic E-state index is 0.158. The number of hydrogen-bond acceptors (Lipinski definition) is 9. The van der Waals surface area contributed by atoms with Gasteiger partial charge in [-0.25, -0.2) is 0 Å². The molecule has 2 aromatic heterocycles. The quantitative estimate of drug-likeness (QED) is 0.408. The molecule has 3 heterocycles. The molecule has 0 saturated heterocycles. The van der Waals surface area contributed by atoms with Crippen LogP contribution in [0.5, 0.6) is 11.5 Å². The summed E-state index contributed by atoms with van der Waals surface area (Å²) in [4.78, 5) is 16.9. The summed E-state index contributed by atoms with van der Waals surface area (Å²) in [6.45, 7) is 4.73. The Hall–Kier alpha value is -3.86. The van der Waals surface area contributed by atoms with Gasteiger partial charge in [0.25, 0.3) is 5.89 Å². The molecule has 1 aliphatic rings. The fourth-order valence-electron chi connectivity index (χ4n) is 3.36. The van der Waals surface area contributed by atoms with Crippen LogP contribution in [0.25, 0.3) is 23.1 Å². The molecule has 33 heavy (non-hydrogen) atoms. The first kappa shape index (κ1) is 21.0. The molecule has 1 aliphatic heterocycles. The van der Waals surface area contributed by atoms with Crippen molar-refractivity contribution < 1.29 is 18.8 Å². The summed E-state index contributed by atoms with van der Waals surface area (Å²) in [5, 5.41) is 15.9. The Kier molecular flexibility index (Phi) is 5.69. The molecule has 1 N–H and O–H groups in total. The summed E-state index contributed by atoms with van der Waals surface area (Å²) in [5.74, 6) is 2.48. The first-order chi connectivity index (χ1) is 16.1. The highest BCUT2D eigenvalue weighted by Crippen LogP contribution is 2.34. The molecule has 0 bridgehead atoms. The van der Waals surface area contributed by atoms with E-state index >= 15 is 0 Å². The highest BCUT2D eigenvalue weighted by atomic mass is 32.2. The Balaban J connectivity index is 1.27. The fourth-order valence-corrected chi connectivity index (χ4v) is 4.16. The second kappa shape index (κ2) is 8.94. The topological polar surface area (TPSA) is 117 Å². The second-order valence-electron chi connectivity index (χ2n) is 7.25. The van der Waals surface area contributed by atoms with Gasteiger partial charge in [-0.05, 0) is 32.0 Å². The monoisotopic (exact) mass is 464 g/mol. The maximum absolute atomic E-state index is 12.4. The van der Waals surface area contributed by atoms with Gasteiger partial charge in [-0.2, -0.15) is 4.98 Å². The van der Waals surface area contributed by atoms with Gasteiger partial charge in [0.15, 0.2) is 16.7 Å². The third-order valence-electron chi connectivity index (χ3n) is 4.92. The number of nitrogens with one attached hydrogen (secondary N) is 1. The highest BCUT2D eigenvalue weighted by Gasteiger charge is 2.21. The van der Waals surface area contributed by atoms with E-state index in [0.717, 1.165) is 11.1 Å². The van der Waals surface area contributed by atoms with E-state index in [9.17, 15) is 4.79 Å². The van der Waals surface area contributed by atoms with Crippen LogP contribution in [-0.2, 0) is 11.3 Å². The van der Waals surface area contributed by atoms with Crippen LogP contribution < -0.4 is 14.8 Å². The average molecular weight is 465 g/mol. The lowest BCUT2D eigenvalue weighted by Crippen LogP contribution is -2.14. The van der Waals surface area contributed by atoms with Crippen LogP contribution in [0, 0.1) is 6.92 Å². The number of aryl methyl sites for hydroxylation is 1. The minimum Gasteiger partial charge on any atom is -0.454 e. The van der Waals surface area contributed by atoms with Crippen LogP contribution in [0.4, 0.5) is 5.69 Å². The van der Waals surface area contributed by atoms with Gasteiger partial charge in [0.1, 0.15) is 0 Å². The second-order valence-corrected chi connectivity index (χ2v) is 8.19. The largest absolute Gasteiger partial charge is 0.454 e. The van der Waals surface area contributed by atoms with E-state index in [1.54, 1.807) is 18.2 Å². The van der Waals surface area contributed by atoms with Gasteiger partial charge in [-0.1, -0.05) is 40.7 Å². The predicted molar refractivity (Wildman–Crippen MR) is 121 cm³/mol. The van der Waals surface area contributed by atoms with Crippen LogP contribution in [0.3, 0.4) is 0 Å². The maximum Gasteiger partial charge on any atom is 0.296 e. The number of anilines is 1. The molecule has 2 aromatic carbocycles. The first-order valence-electron chi connectivity index (χ1n) is 10.3. The van der Waals surface area contributed by atoms with Crippen LogP contribution in [0.2, 0.25) is 0 Å². The molecule has 5 rings (SSSR count). The van der Waals surface area contributed by atoms with Crippen LogP contribution in [0.15, 0.2) is 52.1 Å². The number of carbonyl (C=O) groups excluding carboxylic acids is 1. The summed E-state index contributed by atoms with van der Waals surface area (Å²) < 4.78 is 17.9. The van der Waals surface area contributed by atoms with E-state index in [2.05, 4.69) is 25.7 Å². The zero-order valence-electron chi connectivity index (χ0n) is 17.9. The Morgan fingerprint density at radius 1 is 1.15 bits per heavy atom. The molecule has 0 atom stereocenters. The van der Waals surface area contributed by atoms with Crippen molar-refractivity contribution in [3.63, 3.8) is 0 Å². The number of hydrogen-bond donors (Lipinski definition) is 1. The molecule has 10 nitrogen and oxygen atoms in total. The number of benzene rings is 2.